The molecule has 2 aliphatic rings. The van der Waals surface area contributed by atoms with E-state index in [0.717, 1.165) is 11.6 Å². The molecule has 2 aliphatic heterocycles. The Morgan fingerprint density at radius 3 is 2.70 bits per heavy atom. The van der Waals surface area contributed by atoms with Gasteiger partial charge in [0, 0.05) is 25.1 Å². The molecule has 0 aromatic heterocycles. The number of hydrogen-bond donors (Lipinski definition) is 1. The molecule has 2 aromatic rings. The van der Waals surface area contributed by atoms with Gasteiger partial charge in [0.15, 0.2) is 5.60 Å². The Hall–Kier alpha value is -2.78. The highest BCUT2D eigenvalue weighted by Crippen LogP contribution is 2.42. The first kappa shape index (κ1) is 20.5. The number of ether oxygens (including phenoxy) is 1. The molecule has 2 heterocycles. The van der Waals surface area contributed by atoms with Gasteiger partial charge in [0.2, 0.25) is 15.9 Å². The molecule has 1 spiro atoms. The van der Waals surface area contributed by atoms with E-state index in [-0.39, 0.29) is 25.4 Å². The minimum Gasteiger partial charge on any atom is -0.449 e. The second-order valence-electron chi connectivity index (χ2n) is 7.43. The largest absolute Gasteiger partial charge is 0.449 e. The second kappa shape index (κ2) is 7.81. The van der Waals surface area contributed by atoms with E-state index < -0.39 is 32.3 Å². The van der Waals surface area contributed by atoms with E-state index in [4.69, 9.17) is 4.74 Å². The van der Waals surface area contributed by atoms with Crippen LogP contribution in [0.2, 0.25) is 0 Å². The molecule has 1 unspecified atom stereocenters. The average Bonchev–Trinajstić information content (AvgIpc) is 2.99. The smallest absolute Gasteiger partial charge is 0.339 e. The third-order valence-corrected chi connectivity index (χ3v) is 6.98. The first-order valence-corrected chi connectivity index (χ1v) is 11.2. The van der Waals surface area contributed by atoms with E-state index in [1.165, 1.54) is 18.2 Å². The number of amides is 1. The molecule has 158 valence electrons. The van der Waals surface area contributed by atoms with Crippen LogP contribution in [0.5, 0.6) is 0 Å². The predicted molar refractivity (Wildman–Crippen MR) is 106 cm³/mol. The molecule has 0 aliphatic carbocycles. The number of nitrogens with zero attached hydrogens (tertiary/aromatic N) is 1. The third-order valence-electron chi connectivity index (χ3n) is 5.49. The van der Waals surface area contributed by atoms with Crippen molar-refractivity contribution in [1.29, 1.82) is 0 Å². The van der Waals surface area contributed by atoms with Gasteiger partial charge in [0.1, 0.15) is 10.7 Å². The highest BCUT2D eigenvalue weighted by atomic mass is 32.2. The quantitative estimate of drug-likeness (QED) is 0.731. The molecule has 2 aromatic carbocycles. The Morgan fingerprint density at radius 1 is 1.17 bits per heavy atom. The summed E-state index contributed by atoms with van der Waals surface area (Å²) < 4.78 is 46.2. The molecule has 0 bridgehead atoms. The second-order valence-corrected chi connectivity index (χ2v) is 9.16. The molecular weight excluding hydrogens is 411 g/mol. The lowest BCUT2D eigenvalue weighted by atomic mass is 9.85. The zero-order chi connectivity index (χ0) is 21.4. The number of esters is 1. The molecule has 1 fully saturated rings. The van der Waals surface area contributed by atoms with Gasteiger partial charge < -0.3 is 9.64 Å². The summed E-state index contributed by atoms with van der Waals surface area (Å²) in [5, 5.41) is 0. The lowest BCUT2D eigenvalue weighted by Gasteiger charge is -2.39. The van der Waals surface area contributed by atoms with Crippen LogP contribution < -0.4 is 4.72 Å². The summed E-state index contributed by atoms with van der Waals surface area (Å²) >= 11 is 0. The Kier molecular flexibility index (Phi) is 5.33. The van der Waals surface area contributed by atoms with Crippen molar-refractivity contribution in [3.05, 3.63) is 65.5 Å². The van der Waals surface area contributed by atoms with Crippen LogP contribution in [0.1, 0.15) is 35.2 Å². The number of piperidine rings is 1. The van der Waals surface area contributed by atoms with Crippen molar-refractivity contribution in [2.24, 2.45) is 0 Å². The normalized spacial score (nSPS) is 20.8. The molecule has 4 rings (SSSR count). The van der Waals surface area contributed by atoms with Gasteiger partial charge in [-0.2, -0.15) is 0 Å². The molecule has 1 atom stereocenters. The molecule has 9 heteroatoms. The Balaban J connectivity index is 1.40. The van der Waals surface area contributed by atoms with E-state index in [1.54, 1.807) is 17.0 Å². The van der Waals surface area contributed by atoms with Crippen LogP contribution in [0, 0.1) is 5.82 Å². The molecule has 1 amide bonds. The number of hydrogen-bond acceptors (Lipinski definition) is 5. The maximum absolute atomic E-state index is 13.7. The number of rotatable bonds is 5. The van der Waals surface area contributed by atoms with Crippen molar-refractivity contribution >= 4 is 21.9 Å². The lowest BCUT2D eigenvalue weighted by Crippen LogP contribution is -2.49. The van der Waals surface area contributed by atoms with Crippen LogP contribution in [0.25, 0.3) is 0 Å². The summed E-state index contributed by atoms with van der Waals surface area (Å²) in [5.41, 5.74) is 0.450. The van der Waals surface area contributed by atoms with Gasteiger partial charge in [-0.05, 0) is 31.0 Å². The van der Waals surface area contributed by atoms with Crippen LogP contribution in [0.4, 0.5) is 4.39 Å². The summed E-state index contributed by atoms with van der Waals surface area (Å²) in [6.45, 7) is 0.574. The fraction of sp³-hybridized carbons (Fsp3) is 0.333. The monoisotopic (exact) mass is 432 g/mol. The van der Waals surface area contributed by atoms with E-state index in [2.05, 4.69) is 4.72 Å². The molecule has 0 saturated carbocycles. The van der Waals surface area contributed by atoms with Crippen LogP contribution in [-0.4, -0.2) is 44.8 Å². The van der Waals surface area contributed by atoms with Crippen molar-refractivity contribution in [2.75, 3.05) is 19.6 Å². The molecule has 7 nitrogen and oxygen atoms in total. The first-order valence-electron chi connectivity index (χ1n) is 9.67. The number of fused-ring (bicyclic) bond motifs is 2. The topological polar surface area (TPSA) is 92.8 Å². The summed E-state index contributed by atoms with van der Waals surface area (Å²) in [6.07, 6.45) is 1.20. The Morgan fingerprint density at radius 2 is 1.90 bits per heavy atom. The van der Waals surface area contributed by atoms with Gasteiger partial charge in [-0.1, -0.05) is 30.3 Å². The summed E-state index contributed by atoms with van der Waals surface area (Å²) in [5.74, 6) is -1.50. The van der Waals surface area contributed by atoms with Gasteiger partial charge in [0.25, 0.3) is 0 Å². The van der Waals surface area contributed by atoms with Crippen molar-refractivity contribution in [3.8, 4) is 0 Å². The molecular formula is C21H21FN2O5S. The molecule has 30 heavy (non-hydrogen) atoms. The maximum atomic E-state index is 13.7. The van der Waals surface area contributed by atoms with Crippen molar-refractivity contribution in [3.63, 3.8) is 0 Å². The Bertz CT molecular complexity index is 1100. The highest BCUT2D eigenvalue weighted by molar-refractivity contribution is 7.89. The zero-order valence-electron chi connectivity index (χ0n) is 16.1. The van der Waals surface area contributed by atoms with Gasteiger partial charge in [-0.3, -0.25) is 4.79 Å². The number of halogens is 1. The highest BCUT2D eigenvalue weighted by Gasteiger charge is 2.48. The standard InChI is InChI=1S/C21H21FN2O5S/c22-17-8-3-4-9-18(17)30(27,28)23-12-10-19(25)24-13-5-11-21(14-24)16-7-2-1-6-15(16)20(26)29-21/h1-4,6-9,23H,5,10-14H2. The summed E-state index contributed by atoms with van der Waals surface area (Å²) in [6, 6.07) is 12.2. The fourth-order valence-corrected chi connectivity index (χ4v) is 5.18. The lowest BCUT2D eigenvalue weighted by molar-refractivity contribution is -0.138. The van der Waals surface area contributed by atoms with Gasteiger partial charge in [-0.25, -0.2) is 22.3 Å². The van der Waals surface area contributed by atoms with Gasteiger partial charge in [0.05, 0.1) is 12.1 Å². The summed E-state index contributed by atoms with van der Waals surface area (Å²) in [4.78, 5) is 26.1. The number of likely N-dealkylation sites (tertiary alicyclic amines) is 1. The summed E-state index contributed by atoms with van der Waals surface area (Å²) in [7, 11) is -4.05. The number of sulfonamides is 1. The first-order chi connectivity index (χ1) is 14.3. The van der Waals surface area contributed by atoms with Crippen molar-refractivity contribution < 1.29 is 27.1 Å². The molecule has 1 saturated heterocycles. The number of benzene rings is 2. The van der Waals surface area contributed by atoms with Gasteiger partial charge >= 0.3 is 5.97 Å². The van der Waals surface area contributed by atoms with E-state index in [0.29, 0.717) is 24.9 Å². The minimum absolute atomic E-state index is 0.0840. The number of carbonyl (C=O) groups is 2. The minimum atomic E-state index is -4.05. The van der Waals surface area contributed by atoms with E-state index in [1.807, 2.05) is 12.1 Å². The van der Waals surface area contributed by atoms with Crippen LogP contribution in [0.3, 0.4) is 0 Å². The molecule has 1 N–H and O–H groups in total. The predicted octanol–water partition coefficient (Wildman–Crippen LogP) is 2.18. The Labute approximate surface area is 173 Å². The average molecular weight is 432 g/mol. The van der Waals surface area contributed by atoms with Crippen molar-refractivity contribution in [1.82, 2.24) is 9.62 Å². The van der Waals surface area contributed by atoms with Crippen LogP contribution in [-0.2, 0) is 25.2 Å². The van der Waals surface area contributed by atoms with Crippen molar-refractivity contribution in [2.45, 2.75) is 29.8 Å². The fourth-order valence-electron chi connectivity index (χ4n) is 4.07. The van der Waals surface area contributed by atoms with Crippen LogP contribution >= 0.6 is 0 Å². The van der Waals surface area contributed by atoms with Gasteiger partial charge in [-0.15, -0.1) is 0 Å². The van der Waals surface area contributed by atoms with E-state index >= 15 is 0 Å². The zero-order valence-corrected chi connectivity index (χ0v) is 17.0. The maximum Gasteiger partial charge on any atom is 0.339 e. The van der Waals surface area contributed by atoms with Crippen LogP contribution in [0.15, 0.2) is 53.4 Å². The number of nitrogens with one attached hydrogen (secondary N) is 1. The molecule has 0 radical (unpaired) electrons. The SMILES string of the molecule is O=C1OC2(CCCN(C(=O)CCNS(=O)(=O)c3ccccc3F)C2)c2ccccc21. The van der Waals surface area contributed by atoms with E-state index in [9.17, 15) is 22.4 Å². The number of carbonyl (C=O) groups excluding carboxylic acids is 2. The third kappa shape index (κ3) is 3.70.